The van der Waals surface area contributed by atoms with Gasteiger partial charge in [0.25, 0.3) is 0 Å². The molecule has 12 heavy (non-hydrogen) atoms. The van der Waals surface area contributed by atoms with Gasteiger partial charge >= 0.3 is 0 Å². The minimum Gasteiger partial charge on any atom is -0.330 e. The molecule has 0 atom stereocenters. The van der Waals surface area contributed by atoms with Gasteiger partial charge in [-0.15, -0.1) is 0 Å². The summed E-state index contributed by atoms with van der Waals surface area (Å²) >= 11 is 5.66. The maximum Gasteiger partial charge on any atom is 0.130 e. The van der Waals surface area contributed by atoms with Gasteiger partial charge in [0, 0.05) is 12.1 Å². The fraction of sp³-hybridized carbons (Fsp3) is 0.250. The third-order valence-electron chi connectivity index (χ3n) is 1.38. The van der Waals surface area contributed by atoms with E-state index >= 15 is 0 Å². The standard InChI is InChI=1S/C8H8ClN3/c9-8-4-6(5-11)3-7(12-8)1-2-10/h3-4H,1-2,10H2. The van der Waals surface area contributed by atoms with Crippen LogP contribution in [0.2, 0.25) is 5.15 Å². The van der Waals surface area contributed by atoms with E-state index in [-0.39, 0.29) is 0 Å². The van der Waals surface area contributed by atoms with Crippen LogP contribution in [0.3, 0.4) is 0 Å². The summed E-state index contributed by atoms with van der Waals surface area (Å²) in [6, 6.07) is 5.22. The average Bonchev–Trinajstić information content (AvgIpc) is 2.04. The number of nitrogens with two attached hydrogens (primary N) is 1. The summed E-state index contributed by atoms with van der Waals surface area (Å²) < 4.78 is 0. The zero-order valence-corrected chi connectivity index (χ0v) is 7.17. The molecule has 3 nitrogen and oxygen atoms in total. The van der Waals surface area contributed by atoms with Crippen LogP contribution in [0.15, 0.2) is 12.1 Å². The van der Waals surface area contributed by atoms with Gasteiger partial charge in [0.2, 0.25) is 0 Å². The summed E-state index contributed by atoms with van der Waals surface area (Å²) in [4.78, 5) is 4.01. The van der Waals surface area contributed by atoms with Crippen molar-refractivity contribution in [3.8, 4) is 6.07 Å². The van der Waals surface area contributed by atoms with Crippen LogP contribution in [0.4, 0.5) is 0 Å². The lowest BCUT2D eigenvalue weighted by atomic mass is 10.2. The molecule has 0 aliphatic rings. The highest BCUT2D eigenvalue weighted by atomic mass is 35.5. The van der Waals surface area contributed by atoms with E-state index in [1.165, 1.54) is 6.07 Å². The topological polar surface area (TPSA) is 62.7 Å². The Hall–Kier alpha value is -1.11. The number of hydrogen-bond donors (Lipinski definition) is 1. The molecule has 0 amide bonds. The minimum absolute atomic E-state index is 0.345. The van der Waals surface area contributed by atoms with Crippen LogP contribution < -0.4 is 5.73 Å². The number of aromatic nitrogens is 1. The lowest BCUT2D eigenvalue weighted by Crippen LogP contribution is -2.04. The summed E-state index contributed by atoms with van der Waals surface area (Å²) in [5.41, 5.74) is 6.63. The largest absolute Gasteiger partial charge is 0.330 e. The van der Waals surface area contributed by atoms with Gasteiger partial charge in [-0.25, -0.2) is 4.98 Å². The van der Waals surface area contributed by atoms with Gasteiger partial charge < -0.3 is 5.73 Å². The molecule has 0 unspecified atom stereocenters. The van der Waals surface area contributed by atoms with Crippen molar-refractivity contribution in [3.05, 3.63) is 28.5 Å². The molecule has 0 saturated carbocycles. The predicted molar refractivity (Wildman–Crippen MR) is 46.7 cm³/mol. The maximum atomic E-state index is 8.59. The lowest BCUT2D eigenvalue weighted by Gasteiger charge is -1.98. The second-order valence-electron chi connectivity index (χ2n) is 2.32. The molecule has 4 heteroatoms. The molecule has 0 aliphatic carbocycles. The average molecular weight is 182 g/mol. The highest BCUT2D eigenvalue weighted by Gasteiger charge is 1.99. The first kappa shape index (κ1) is 8.98. The molecule has 2 N–H and O–H groups in total. The van der Waals surface area contributed by atoms with Crippen LogP contribution >= 0.6 is 11.6 Å². The van der Waals surface area contributed by atoms with E-state index in [1.807, 2.05) is 6.07 Å². The van der Waals surface area contributed by atoms with Crippen molar-refractivity contribution >= 4 is 11.6 Å². The first-order valence-electron chi connectivity index (χ1n) is 3.53. The number of rotatable bonds is 2. The molecular weight excluding hydrogens is 174 g/mol. The van der Waals surface area contributed by atoms with Gasteiger partial charge in [0.1, 0.15) is 5.15 Å². The molecule has 0 saturated heterocycles. The summed E-state index contributed by atoms with van der Waals surface area (Å²) in [6.07, 6.45) is 0.648. The Morgan fingerprint density at radius 2 is 2.33 bits per heavy atom. The number of nitrogens with zero attached hydrogens (tertiary/aromatic N) is 2. The van der Waals surface area contributed by atoms with Crippen molar-refractivity contribution in [1.29, 1.82) is 5.26 Å². The number of hydrogen-bond acceptors (Lipinski definition) is 3. The van der Waals surface area contributed by atoms with Crippen molar-refractivity contribution in [2.24, 2.45) is 5.73 Å². The third-order valence-corrected chi connectivity index (χ3v) is 1.57. The van der Waals surface area contributed by atoms with Crippen molar-refractivity contribution < 1.29 is 0 Å². The Morgan fingerprint density at radius 3 is 2.92 bits per heavy atom. The fourth-order valence-corrected chi connectivity index (χ4v) is 1.12. The van der Waals surface area contributed by atoms with Crippen LogP contribution in [-0.4, -0.2) is 11.5 Å². The number of halogens is 1. The molecule has 0 aliphatic heterocycles. The van der Waals surface area contributed by atoms with Crippen LogP contribution in [0, 0.1) is 11.3 Å². The first-order chi connectivity index (χ1) is 5.76. The maximum absolute atomic E-state index is 8.59. The second-order valence-corrected chi connectivity index (χ2v) is 2.71. The SMILES string of the molecule is N#Cc1cc(Cl)nc(CCN)c1. The normalized spacial score (nSPS) is 9.42. The monoisotopic (exact) mass is 181 g/mol. The van der Waals surface area contributed by atoms with Crippen LogP contribution in [-0.2, 0) is 6.42 Å². The highest BCUT2D eigenvalue weighted by molar-refractivity contribution is 6.29. The predicted octanol–water partition coefficient (Wildman–Crippen LogP) is 1.11. The molecule has 1 heterocycles. The molecule has 1 aromatic heterocycles. The number of nitriles is 1. The highest BCUT2D eigenvalue weighted by Crippen LogP contribution is 2.09. The van der Waals surface area contributed by atoms with Crippen molar-refractivity contribution in [1.82, 2.24) is 4.98 Å². The summed E-state index contributed by atoms with van der Waals surface area (Å²) in [5, 5.41) is 8.93. The van der Waals surface area contributed by atoms with Crippen LogP contribution in [0.5, 0.6) is 0 Å². The summed E-state index contributed by atoms with van der Waals surface area (Å²) in [5.74, 6) is 0. The molecule has 0 fully saturated rings. The van der Waals surface area contributed by atoms with Gasteiger partial charge in [0.15, 0.2) is 0 Å². The summed E-state index contributed by atoms with van der Waals surface area (Å²) in [6.45, 7) is 0.512. The fourth-order valence-electron chi connectivity index (χ4n) is 0.892. The lowest BCUT2D eigenvalue weighted by molar-refractivity contribution is 0.922. The first-order valence-corrected chi connectivity index (χ1v) is 3.90. The summed E-state index contributed by atoms with van der Waals surface area (Å²) in [7, 11) is 0. The zero-order valence-electron chi connectivity index (χ0n) is 6.42. The Kier molecular flexibility index (Phi) is 3.03. The number of pyridine rings is 1. The van der Waals surface area contributed by atoms with Crippen molar-refractivity contribution in [2.75, 3.05) is 6.54 Å². The van der Waals surface area contributed by atoms with E-state index in [0.29, 0.717) is 23.7 Å². The van der Waals surface area contributed by atoms with E-state index in [9.17, 15) is 0 Å². The van der Waals surface area contributed by atoms with Gasteiger partial charge in [-0.05, 0) is 18.7 Å². The van der Waals surface area contributed by atoms with Gasteiger partial charge in [0.05, 0.1) is 11.6 Å². The molecule has 0 bridgehead atoms. The van der Waals surface area contributed by atoms with Crippen LogP contribution in [0.1, 0.15) is 11.3 Å². The minimum atomic E-state index is 0.345. The van der Waals surface area contributed by atoms with E-state index in [4.69, 9.17) is 22.6 Å². The molecule has 0 spiro atoms. The Morgan fingerprint density at radius 1 is 1.58 bits per heavy atom. The van der Waals surface area contributed by atoms with E-state index < -0.39 is 0 Å². The van der Waals surface area contributed by atoms with E-state index in [1.54, 1.807) is 6.07 Å². The molecule has 1 aromatic rings. The Bertz CT molecular complexity index is 317. The quantitative estimate of drug-likeness (QED) is 0.696. The smallest absolute Gasteiger partial charge is 0.130 e. The van der Waals surface area contributed by atoms with Gasteiger partial charge in [-0.2, -0.15) is 5.26 Å². The van der Waals surface area contributed by atoms with Gasteiger partial charge in [-0.1, -0.05) is 11.6 Å². The zero-order chi connectivity index (χ0) is 8.97. The second kappa shape index (κ2) is 4.05. The van der Waals surface area contributed by atoms with E-state index in [2.05, 4.69) is 4.98 Å². The third kappa shape index (κ3) is 2.19. The van der Waals surface area contributed by atoms with Crippen molar-refractivity contribution in [2.45, 2.75) is 6.42 Å². The van der Waals surface area contributed by atoms with Crippen molar-refractivity contribution in [3.63, 3.8) is 0 Å². The van der Waals surface area contributed by atoms with Gasteiger partial charge in [-0.3, -0.25) is 0 Å². The Balaban J connectivity index is 3.00. The molecular formula is C8H8ClN3. The molecule has 1 rings (SSSR count). The molecule has 0 aromatic carbocycles. The van der Waals surface area contributed by atoms with Crippen LogP contribution in [0.25, 0.3) is 0 Å². The molecule has 0 radical (unpaired) electrons. The Labute approximate surface area is 75.8 Å². The molecule has 62 valence electrons. The van der Waals surface area contributed by atoms with E-state index in [0.717, 1.165) is 5.69 Å².